The van der Waals surface area contributed by atoms with Gasteiger partial charge in [-0.15, -0.1) is 0 Å². The number of nitrogens with one attached hydrogen (secondary N) is 2. The van der Waals surface area contributed by atoms with Crippen molar-refractivity contribution in [2.45, 2.75) is 33.2 Å². The van der Waals surface area contributed by atoms with Gasteiger partial charge in [-0.1, -0.05) is 26.0 Å². The van der Waals surface area contributed by atoms with Gasteiger partial charge in [0.1, 0.15) is 0 Å². The number of benzene rings is 1. The third kappa shape index (κ3) is 5.96. The van der Waals surface area contributed by atoms with Crippen molar-refractivity contribution in [1.29, 1.82) is 0 Å². The molecule has 1 heterocycles. The molecule has 138 valence electrons. The summed E-state index contributed by atoms with van der Waals surface area (Å²) < 4.78 is 4.58. The van der Waals surface area contributed by atoms with E-state index < -0.39 is 6.09 Å². The maximum Gasteiger partial charge on any atom is 0.411 e. The van der Waals surface area contributed by atoms with Crippen LogP contribution in [-0.4, -0.2) is 44.2 Å². The number of rotatable bonds is 5. The molecule has 1 aliphatic rings. The van der Waals surface area contributed by atoms with Crippen molar-refractivity contribution in [2.75, 3.05) is 32.6 Å². The van der Waals surface area contributed by atoms with E-state index in [4.69, 9.17) is 0 Å². The van der Waals surface area contributed by atoms with Crippen molar-refractivity contribution in [2.24, 2.45) is 16.8 Å². The third-order valence-corrected chi connectivity index (χ3v) is 4.44. The van der Waals surface area contributed by atoms with E-state index in [9.17, 15) is 4.79 Å². The van der Waals surface area contributed by atoms with Gasteiger partial charge < -0.3 is 15.0 Å². The average molecular weight is 346 g/mol. The lowest BCUT2D eigenvalue weighted by Crippen LogP contribution is -2.39. The van der Waals surface area contributed by atoms with E-state index in [1.165, 1.54) is 20.0 Å². The highest BCUT2D eigenvalue weighted by atomic mass is 16.5. The van der Waals surface area contributed by atoms with Crippen LogP contribution in [0.5, 0.6) is 0 Å². The van der Waals surface area contributed by atoms with Crippen LogP contribution in [0.25, 0.3) is 0 Å². The topological polar surface area (TPSA) is 66.0 Å². The van der Waals surface area contributed by atoms with Gasteiger partial charge in [0.05, 0.1) is 7.11 Å². The molecule has 2 rings (SSSR count). The highest BCUT2D eigenvalue weighted by Gasteiger charge is 2.25. The molecule has 0 radical (unpaired) electrons. The summed E-state index contributed by atoms with van der Waals surface area (Å²) in [6, 6.07) is 7.70. The summed E-state index contributed by atoms with van der Waals surface area (Å²) in [4.78, 5) is 18.0. The van der Waals surface area contributed by atoms with Crippen LogP contribution < -0.4 is 10.6 Å². The number of ether oxygens (including phenoxy) is 1. The Balaban J connectivity index is 1.84. The van der Waals surface area contributed by atoms with E-state index in [0.29, 0.717) is 6.54 Å². The van der Waals surface area contributed by atoms with Crippen LogP contribution in [0.3, 0.4) is 0 Å². The van der Waals surface area contributed by atoms with Crippen molar-refractivity contribution in [3.8, 4) is 0 Å². The van der Waals surface area contributed by atoms with E-state index in [1.54, 1.807) is 0 Å². The Morgan fingerprint density at radius 3 is 2.68 bits per heavy atom. The Morgan fingerprint density at radius 2 is 2.08 bits per heavy atom. The fourth-order valence-electron chi connectivity index (χ4n) is 3.27. The van der Waals surface area contributed by atoms with Crippen LogP contribution in [0.4, 0.5) is 10.5 Å². The van der Waals surface area contributed by atoms with Gasteiger partial charge in [0, 0.05) is 32.4 Å². The number of hydrogen-bond donors (Lipinski definition) is 2. The molecule has 6 nitrogen and oxygen atoms in total. The number of guanidine groups is 1. The third-order valence-electron chi connectivity index (χ3n) is 4.44. The fraction of sp³-hybridized carbons (Fsp3) is 0.579. The summed E-state index contributed by atoms with van der Waals surface area (Å²) in [5.74, 6) is 2.47. The summed E-state index contributed by atoms with van der Waals surface area (Å²) in [7, 11) is 3.19. The molecular weight excluding hydrogens is 316 g/mol. The summed E-state index contributed by atoms with van der Waals surface area (Å²) in [5.41, 5.74) is 1.85. The monoisotopic (exact) mass is 346 g/mol. The lowest BCUT2D eigenvalue weighted by atomic mass is 9.97. The molecule has 1 unspecified atom stereocenters. The molecule has 0 saturated carbocycles. The smallest absolute Gasteiger partial charge is 0.411 e. The first-order valence-electron chi connectivity index (χ1n) is 8.91. The van der Waals surface area contributed by atoms with Crippen LogP contribution in [0.2, 0.25) is 0 Å². The maximum absolute atomic E-state index is 11.2. The molecular formula is C19H30N4O2. The number of aliphatic imine (C=N–C) groups is 1. The van der Waals surface area contributed by atoms with Gasteiger partial charge in [-0.05, 0) is 42.4 Å². The Labute approximate surface area is 150 Å². The first kappa shape index (κ1) is 19.1. The normalized spacial score (nSPS) is 17.7. The Kier molecular flexibility index (Phi) is 7.10. The molecule has 1 aliphatic heterocycles. The van der Waals surface area contributed by atoms with Gasteiger partial charge in [-0.2, -0.15) is 0 Å². The molecule has 1 atom stereocenters. The van der Waals surface area contributed by atoms with Gasteiger partial charge in [-0.3, -0.25) is 10.3 Å². The minimum absolute atomic E-state index is 0.462. The van der Waals surface area contributed by atoms with Crippen LogP contribution in [0.15, 0.2) is 29.3 Å². The molecule has 0 spiro atoms. The van der Waals surface area contributed by atoms with Crippen molar-refractivity contribution < 1.29 is 9.53 Å². The van der Waals surface area contributed by atoms with Gasteiger partial charge in [0.25, 0.3) is 0 Å². The highest BCUT2D eigenvalue weighted by Crippen LogP contribution is 2.23. The average Bonchev–Trinajstić information content (AvgIpc) is 3.04. The van der Waals surface area contributed by atoms with Crippen molar-refractivity contribution in [3.05, 3.63) is 29.8 Å². The molecule has 0 aromatic heterocycles. The highest BCUT2D eigenvalue weighted by molar-refractivity contribution is 5.84. The lowest BCUT2D eigenvalue weighted by Gasteiger charge is -2.22. The molecule has 2 N–H and O–H groups in total. The molecule has 0 aliphatic carbocycles. The second-order valence-corrected chi connectivity index (χ2v) is 6.94. The Morgan fingerprint density at radius 1 is 1.36 bits per heavy atom. The van der Waals surface area contributed by atoms with Crippen molar-refractivity contribution in [3.63, 3.8) is 0 Å². The zero-order valence-corrected chi connectivity index (χ0v) is 15.7. The summed E-state index contributed by atoms with van der Waals surface area (Å²) in [6.07, 6.45) is 2.06. The first-order chi connectivity index (χ1) is 12.0. The van der Waals surface area contributed by atoms with Crippen LogP contribution >= 0.6 is 0 Å². The Bertz CT molecular complexity index is 584. The molecule has 1 aromatic rings. The minimum Gasteiger partial charge on any atom is -0.453 e. The zero-order chi connectivity index (χ0) is 18.2. The number of nitrogens with zero attached hydrogens (tertiary/aromatic N) is 2. The fourth-order valence-corrected chi connectivity index (χ4v) is 3.27. The van der Waals surface area contributed by atoms with Crippen LogP contribution in [0, 0.1) is 11.8 Å². The predicted molar refractivity (Wildman–Crippen MR) is 102 cm³/mol. The molecule has 1 aromatic carbocycles. The number of carbonyl (C=O) groups excluding carboxylic acids is 1. The van der Waals surface area contributed by atoms with E-state index >= 15 is 0 Å². The van der Waals surface area contributed by atoms with Crippen molar-refractivity contribution in [1.82, 2.24) is 10.2 Å². The quantitative estimate of drug-likeness (QED) is 0.634. The number of methoxy groups -OCH3 is 1. The molecule has 0 bridgehead atoms. The summed E-state index contributed by atoms with van der Waals surface area (Å²) in [6.45, 7) is 7.43. The SMILES string of the molecule is CN=C(NCc1ccc(NC(=O)OC)cc1)N1CCC(CC(C)C)C1. The minimum atomic E-state index is -0.462. The second-order valence-electron chi connectivity index (χ2n) is 6.94. The van der Waals surface area contributed by atoms with Crippen molar-refractivity contribution >= 4 is 17.7 Å². The van der Waals surface area contributed by atoms with E-state index in [-0.39, 0.29) is 0 Å². The van der Waals surface area contributed by atoms with Gasteiger partial charge in [0.2, 0.25) is 0 Å². The van der Waals surface area contributed by atoms with Gasteiger partial charge >= 0.3 is 6.09 Å². The van der Waals surface area contributed by atoms with Gasteiger partial charge in [0.15, 0.2) is 5.96 Å². The molecule has 1 saturated heterocycles. The van der Waals surface area contributed by atoms with Crippen LogP contribution in [0.1, 0.15) is 32.3 Å². The lowest BCUT2D eigenvalue weighted by molar-refractivity contribution is 0.187. The Hall–Kier alpha value is -2.24. The summed E-state index contributed by atoms with van der Waals surface area (Å²) in [5, 5.41) is 6.08. The zero-order valence-electron chi connectivity index (χ0n) is 15.7. The number of likely N-dealkylation sites (tertiary alicyclic amines) is 1. The number of anilines is 1. The molecule has 1 amide bonds. The van der Waals surface area contributed by atoms with Crippen LogP contribution in [-0.2, 0) is 11.3 Å². The maximum atomic E-state index is 11.2. The largest absolute Gasteiger partial charge is 0.453 e. The number of hydrogen-bond acceptors (Lipinski definition) is 3. The molecule has 1 fully saturated rings. The van der Waals surface area contributed by atoms with E-state index in [1.807, 2.05) is 31.3 Å². The second kappa shape index (κ2) is 9.30. The van der Waals surface area contributed by atoms with E-state index in [2.05, 4.69) is 39.1 Å². The molecule has 6 heteroatoms. The van der Waals surface area contributed by atoms with E-state index in [0.717, 1.165) is 42.1 Å². The predicted octanol–water partition coefficient (Wildman–Crippen LogP) is 3.31. The standard InChI is InChI=1S/C19H30N4O2/c1-14(2)11-16-9-10-23(13-16)18(20-3)21-12-15-5-7-17(8-6-15)22-19(24)25-4/h5-8,14,16H,9-13H2,1-4H3,(H,20,21)(H,22,24). The first-order valence-corrected chi connectivity index (χ1v) is 8.91. The van der Waals surface area contributed by atoms with Gasteiger partial charge in [-0.25, -0.2) is 4.79 Å². The molecule has 25 heavy (non-hydrogen) atoms. The number of amides is 1. The summed E-state index contributed by atoms with van der Waals surface area (Å²) >= 11 is 0. The number of carbonyl (C=O) groups is 1.